The number of aromatic hydroxyl groups is 3. The molecule has 21 nitrogen and oxygen atoms in total. The molecule has 3 aromatic rings. The third kappa shape index (κ3) is 7.33. The summed E-state index contributed by atoms with van der Waals surface area (Å²) in [7, 11) is 0. The van der Waals surface area contributed by atoms with Gasteiger partial charge in [0, 0.05) is 17.7 Å². The Morgan fingerprint density at radius 1 is 0.679 bits per heavy atom. The second-order valence-corrected chi connectivity index (χ2v) is 12.6. The van der Waals surface area contributed by atoms with Gasteiger partial charge >= 0.3 is 0 Å². The molecule has 0 aliphatic carbocycles. The second kappa shape index (κ2) is 15.4. The summed E-state index contributed by atoms with van der Waals surface area (Å²) in [6.07, 6.45) is -24.8. The van der Waals surface area contributed by atoms with Gasteiger partial charge in [0.15, 0.2) is 29.7 Å². The minimum Gasteiger partial charge on any atom is -0.508 e. The molecule has 3 fully saturated rings. The van der Waals surface area contributed by atoms with Crippen LogP contribution in [-0.2, 0) is 18.9 Å². The molecule has 3 aliphatic heterocycles. The van der Waals surface area contributed by atoms with Crippen molar-refractivity contribution in [3.63, 3.8) is 0 Å². The molecule has 3 saturated heterocycles. The minimum atomic E-state index is -1.99. The lowest BCUT2D eigenvalue weighted by Crippen LogP contribution is -2.64. The molecule has 0 bridgehead atoms. The second-order valence-electron chi connectivity index (χ2n) is 12.6. The van der Waals surface area contributed by atoms with Crippen LogP contribution in [0.3, 0.4) is 0 Å². The summed E-state index contributed by atoms with van der Waals surface area (Å²) in [6, 6.07) is 5.05. The molecule has 292 valence electrons. The highest BCUT2D eigenvalue weighted by atomic mass is 16.8. The Morgan fingerprint density at radius 2 is 1.32 bits per heavy atom. The summed E-state index contributed by atoms with van der Waals surface area (Å²) in [5.74, 6) is -3.69. The van der Waals surface area contributed by atoms with Crippen LogP contribution in [0.4, 0.5) is 0 Å². The number of hydrogen-bond donors (Lipinski definition) is 13. The molecular weight excluding hydrogens is 720 g/mol. The molecular formula is C32H38O21. The van der Waals surface area contributed by atoms with Gasteiger partial charge in [-0.1, -0.05) is 0 Å². The van der Waals surface area contributed by atoms with E-state index in [2.05, 4.69) is 0 Å². The standard InChI is InChI=1S/C32H38O21/c33-6-16-20(40)23(43)26(46)31(50-16)49-14-3-9(1-2-11(14)36)27-28(22(42)18-12(37)4-10(35)5-15(18)48-27)52-32-29(24(44)21(41)17(7-34)51-32)53-30-25(45)19(39)13(38)8-47-30/h1-5,13,16-17,19-21,23-26,29-41,43-46H,6-8H2/t13-,16-,17-,19+,20-,21-,23+,24+,25-,26-,29-,30+,31-,32+/m1/s1. The summed E-state index contributed by atoms with van der Waals surface area (Å²) in [5.41, 5.74) is -1.68. The molecule has 2 aromatic carbocycles. The Bertz CT molecular complexity index is 1820. The van der Waals surface area contributed by atoms with Crippen LogP contribution in [0.25, 0.3) is 22.3 Å². The van der Waals surface area contributed by atoms with Crippen LogP contribution in [0.1, 0.15) is 0 Å². The van der Waals surface area contributed by atoms with Gasteiger partial charge in [0.1, 0.15) is 83.5 Å². The average molecular weight is 759 g/mol. The Hall–Kier alpha value is -3.91. The maximum atomic E-state index is 14.1. The van der Waals surface area contributed by atoms with E-state index in [0.29, 0.717) is 0 Å². The first-order valence-corrected chi connectivity index (χ1v) is 16.1. The summed E-state index contributed by atoms with van der Waals surface area (Å²) in [4.78, 5) is 14.1. The van der Waals surface area contributed by atoms with Crippen LogP contribution in [0.5, 0.6) is 28.7 Å². The van der Waals surface area contributed by atoms with E-state index < -0.39 is 157 Å². The van der Waals surface area contributed by atoms with Gasteiger partial charge in [0.05, 0.1) is 19.8 Å². The molecule has 14 atom stereocenters. The van der Waals surface area contributed by atoms with Crippen LogP contribution < -0.4 is 14.9 Å². The Balaban J connectivity index is 1.43. The van der Waals surface area contributed by atoms with E-state index in [0.717, 1.165) is 24.3 Å². The van der Waals surface area contributed by atoms with Crippen molar-refractivity contribution in [2.75, 3.05) is 19.8 Å². The fourth-order valence-electron chi connectivity index (χ4n) is 6.07. The first-order valence-electron chi connectivity index (χ1n) is 16.1. The normalized spacial score (nSPS) is 36.3. The lowest BCUT2D eigenvalue weighted by Gasteiger charge is -2.44. The summed E-state index contributed by atoms with van der Waals surface area (Å²) in [5, 5.41) is 133. The molecule has 0 unspecified atom stereocenters. The van der Waals surface area contributed by atoms with Gasteiger partial charge in [-0.2, -0.15) is 0 Å². The lowest BCUT2D eigenvalue weighted by molar-refractivity contribution is -0.345. The van der Waals surface area contributed by atoms with Crippen molar-refractivity contribution in [1.29, 1.82) is 0 Å². The highest BCUT2D eigenvalue weighted by Crippen LogP contribution is 2.41. The van der Waals surface area contributed by atoms with Crippen molar-refractivity contribution in [1.82, 2.24) is 0 Å². The van der Waals surface area contributed by atoms with Gasteiger partial charge in [-0.3, -0.25) is 4.79 Å². The number of ether oxygens (including phenoxy) is 6. The fraction of sp³-hybridized carbons (Fsp3) is 0.531. The van der Waals surface area contributed by atoms with Crippen LogP contribution in [-0.4, -0.2) is 172 Å². The molecule has 3 aliphatic rings. The van der Waals surface area contributed by atoms with Crippen LogP contribution >= 0.6 is 0 Å². The maximum absolute atomic E-state index is 14.1. The Kier molecular flexibility index (Phi) is 11.3. The van der Waals surface area contributed by atoms with Crippen molar-refractivity contribution in [2.24, 2.45) is 0 Å². The molecule has 1 aromatic heterocycles. The first kappa shape index (κ1) is 38.8. The number of phenolic OH excluding ortho intramolecular Hbond substituents is 3. The summed E-state index contributed by atoms with van der Waals surface area (Å²) < 4.78 is 39.3. The first-order chi connectivity index (χ1) is 25.1. The smallest absolute Gasteiger partial charge is 0.239 e. The van der Waals surface area contributed by atoms with Crippen LogP contribution in [0.15, 0.2) is 39.5 Å². The summed E-state index contributed by atoms with van der Waals surface area (Å²) >= 11 is 0. The molecule has 13 N–H and O–H groups in total. The monoisotopic (exact) mass is 758 g/mol. The highest BCUT2D eigenvalue weighted by molar-refractivity contribution is 5.88. The maximum Gasteiger partial charge on any atom is 0.239 e. The number of benzene rings is 2. The zero-order chi connectivity index (χ0) is 38.5. The number of rotatable bonds is 9. The van der Waals surface area contributed by atoms with E-state index in [9.17, 15) is 71.2 Å². The van der Waals surface area contributed by atoms with Gasteiger partial charge in [0.25, 0.3) is 0 Å². The molecule has 53 heavy (non-hydrogen) atoms. The van der Waals surface area contributed by atoms with Gasteiger partial charge in [-0.25, -0.2) is 0 Å². The third-order valence-corrected chi connectivity index (χ3v) is 9.04. The topological polar surface area (TPSA) is 349 Å². The molecule has 0 saturated carbocycles. The third-order valence-electron chi connectivity index (χ3n) is 9.04. The number of aliphatic hydroxyl groups is 10. The van der Waals surface area contributed by atoms with Crippen molar-refractivity contribution in [2.45, 2.75) is 86.0 Å². The highest BCUT2D eigenvalue weighted by Gasteiger charge is 2.50. The Labute approximate surface area is 296 Å². The number of phenols is 3. The van der Waals surface area contributed by atoms with Crippen LogP contribution in [0, 0.1) is 0 Å². The lowest BCUT2D eigenvalue weighted by atomic mass is 9.98. The molecule has 0 radical (unpaired) electrons. The average Bonchev–Trinajstić information content (AvgIpc) is 3.12. The van der Waals surface area contributed by atoms with Crippen molar-refractivity contribution < 1.29 is 99.2 Å². The van der Waals surface area contributed by atoms with E-state index in [1.54, 1.807) is 0 Å². The number of aliphatic hydroxyl groups excluding tert-OH is 10. The molecule has 4 heterocycles. The molecule has 0 amide bonds. The van der Waals surface area contributed by atoms with Crippen LogP contribution in [0.2, 0.25) is 0 Å². The summed E-state index contributed by atoms with van der Waals surface area (Å²) in [6.45, 7) is -2.21. The van der Waals surface area contributed by atoms with E-state index in [4.69, 9.17) is 32.8 Å². The van der Waals surface area contributed by atoms with Crippen molar-refractivity contribution in [3.8, 4) is 40.1 Å². The van der Waals surface area contributed by atoms with E-state index in [1.165, 1.54) is 6.07 Å². The fourth-order valence-corrected chi connectivity index (χ4v) is 6.07. The van der Waals surface area contributed by atoms with Gasteiger partial charge in [0.2, 0.25) is 23.8 Å². The van der Waals surface area contributed by atoms with E-state index in [1.807, 2.05) is 0 Å². The minimum absolute atomic E-state index is 0.157. The van der Waals surface area contributed by atoms with Crippen molar-refractivity contribution in [3.05, 3.63) is 40.6 Å². The molecule has 0 spiro atoms. The van der Waals surface area contributed by atoms with Gasteiger partial charge in [-0.15, -0.1) is 0 Å². The largest absolute Gasteiger partial charge is 0.508 e. The number of hydrogen-bond acceptors (Lipinski definition) is 21. The predicted molar refractivity (Wildman–Crippen MR) is 168 cm³/mol. The van der Waals surface area contributed by atoms with E-state index in [-0.39, 0.29) is 5.56 Å². The van der Waals surface area contributed by atoms with Gasteiger partial charge in [-0.05, 0) is 18.2 Å². The predicted octanol–water partition coefficient (Wildman–Crippen LogP) is -4.60. The van der Waals surface area contributed by atoms with Gasteiger partial charge < -0.3 is 99.2 Å². The number of fused-ring (bicyclic) bond motifs is 1. The zero-order valence-corrected chi connectivity index (χ0v) is 27.2. The SMILES string of the molecule is O=c1c(O[C@@H]2O[C@H](CO)[C@@H](O)[C@H](O)[C@H]2O[C@@H]2OC[C@@H](O)[C@H](O)[C@H]2O)c(-c2ccc(O)c(O[C@@H]3O[C@H](CO)[C@@H](O)[C@H](O)[C@H]3O)c2)oc2cc(O)cc(O)c12. The van der Waals surface area contributed by atoms with E-state index >= 15 is 0 Å². The zero-order valence-electron chi connectivity index (χ0n) is 27.2. The Morgan fingerprint density at radius 3 is 2.00 bits per heavy atom. The molecule has 21 heteroatoms. The molecule has 6 rings (SSSR count). The van der Waals surface area contributed by atoms with Crippen molar-refractivity contribution >= 4 is 11.0 Å². The quantitative estimate of drug-likeness (QED) is 0.0976.